The van der Waals surface area contributed by atoms with Gasteiger partial charge in [-0.3, -0.25) is 4.79 Å². The van der Waals surface area contributed by atoms with Crippen LogP contribution >= 0.6 is 0 Å². The monoisotopic (exact) mass is 247 g/mol. The molecule has 0 aliphatic heterocycles. The summed E-state index contributed by atoms with van der Waals surface area (Å²) in [5.41, 5.74) is 0.585. The van der Waals surface area contributed by atoms with Crippen LogP contribution in [0.4, 0.5) is 0 Å². The first-order chi connectivity index (χ1) is 8.66. The van der Waals surface area contributed by atoms with Crippen LogP contribution in [0.1, 0.15) is 19.2 Å². The molecular formula is C13H17N3O2. The minimum absolute atomic E-state index is 0.118. The Morgan fingerprint density at radius 3 is 3.00 bits per heavy atom. The maximum absolute atomic E-state index is 11.8. The van der Waals surface area contributed by atoms with Crippen molar-refractivity contribution >= 4 is 10.9 Å². The molecule has 18 heavy (non-hydrogen) atoms. The van der Waals surface area contributed by atoms with Crippen LogP contribution in [0.25, 0.3) is 10.9 Å². The summed E-state index contributed by atoms with van der Waals surface area (Å²) in [6.45, 7) is 2.93. The molecule has 0 aliphatic carbocycles. The molecule has 1 aromatic carbocycles. The number of rotatable bonds is 5. The molecule has 1 unspecified atom stereocenters. The average molecular weight is 247 g/mol. The topological polar surface area (TPSA) is 78.0 Å². The number of para-hydroxylation sites is 1. The van der Waals surface area contributed by atoms with E-state index in [2.05, 4.69) is 15.3 Å². The summed E-state index contributed by atoms with van der Waals surface area (Å²) in [7, 11) is 0. The van der Waals surface area contributed by atoms with Crippen molar-refractivity contribution in [2.75, 3.05) is 6.54 Å². The normalized spacial score (nSPS) is 12.8. The van der Waals surface area contributed by atoms with Crippen molar-refractivity contribution in [1.29, 1.82) is 0 Å². The van der Waals surface area contributed by atoms with E-state index in [1.54, 1.807) is 13.0 Å². The van der Waals surface area contributed by atoms with Gasteiger partial charge in [0.1, 0.15) is 5.82 Å². The molecule has 0 saturated heterocycles. The van der Waals surface area contributed by atoms with Crippen molar-refractivity contribution < 1.29 is 5.11 Å². The lowest BCUT2D eigenvalue weighted by atomic mass is 10.2. The minimum Gasteiger partial charge on any atom is -0.393 e. The number of hydrogen-bond acceptors (Lipinski definition) is 4. The number of H-pyrrole nitrogens is 1. The number of aromatic amines is 1. The number of fused-ring (bicyclic) bond motifs is 1. The summed E-state index contributed by atoms with van der Waals surface area (Å²) in [6, 6.07) is 7.26. The lowest BCUT2D eigenvalue weighted by Crippen LogP contribution is -2.22. The van der Waals surface area contributed by atoms with Crippen molar-refractivity contribution in [2.24, 2.45) is 0 Å². The third kappa shape index (κ3) is 3.15. The van der Waals surface area contributed by atoms with Crippen molar-refractivity contribution in [3.63, 3.8) is 0 Å². The van der Waals surface area contributed by atoms with Gasteiger partial charge in [0, 0.05) is 0 Å². The molecule has 0 fully saturated rings. The van der Waals surface area contributed by atoms with E-state index < -0.39 is 0 Å². The van der Waals surface area contributed by atoms with Crippen LogP contribution in [-0.2, 0) is 6.54 Å². The van der Waals surface area contributed by atoms with Gasteiger partial charge in [-0.05, 0) is 32.0 Å². The number of aliphatic hydroxyl groups is 1. The predicted octanol–water partition coefficient (Wildman–Crippen LogP) is 0.784. The Kier molecular flexibility index (Phi) is 4.07. The van der Waals surface area contributed by atoms with E-state index in [4.69, 9.17) is 5.11 Å². The highest BCUT2D eigenvalue weighted by molar-refractivity contribution is 5.77. The van der Waals surface area contributed by atoms with Crippen LogP contribution in [0.2, 0.25) is 0 Å². The van der Waals surface area contributed by atoms with Crippen LogP contribution < -0.4 is 10.9 Å². The summed E-state index contributed by atoms with van der Waals surface area (Å²) >= 11 is 0. The molecule has 0 radical (unpaired) electrons. The molecule has 5 heteroatoms. The zero-order chi connectivity index (χ0) is 13.0. The van der Waals surface area contributed by atoms with Gasteiger partial charge in [0.2, 0.25) is 0 Å². The number of hydrogen-bond donors (Lipinski definition) is 3. The lowest BCUT2D eigenvalue weighted by Gasteiger charge is -2.06. The van der Waals surface area contributed by atoms with Gasteiger partial charge in [0.25, 0.3) is 5.56 Å². The molecule has 0 saturated carbocycles. The maximum atomic E-state index is 11.8. The zero-order valence-corrected chi connectivity index (χ0v) is 10.3. The molecule has 0 spiro atoms. The lowest BCUT2D eigenvalue weighted by molar-refractivity contribution is 0.183. The van der Waals surface area contributed by atoms with Gasteiger partial charge in [0.05, 0.1) is 23.6 Å². The standard InChI is InChI=1S/C13H17N3O2/c1-9(17)6-7-14-8-12-15-11-5-3-2-4-10(11)13(18)16-12/h2-5,9,14,17H,6-8H2,1H3,(H,15,16,18). The van der Waals surface area contributed by atoms with Crippen molar-refractivity contribution in [3.8, 4) is 0 Å². The van der Waals surface area contributed by atoms with Crippen molar-refractivity contribution in [3.05, 3.63) is 40.4 Å². The van der Waals surface area contributed by atoms with E-state index in [1.165, 1.54) is 0 Å². The third-order valence-corrected chi connectivity index (χ3v) is 2.69. The van der Waals surface area contributed by atoms with Crippen LogP contribution in [0.5, 0.6) is 0 Å². The van der Waals surface area contributed by atoms with E-state index in [9.17, 15) is 4.79 Å². The molecule has 96 valence electrons. The van der Waals surface area contributed by atoms with Crippen molar-refractivity contribution in [2.45, 2.75) is 26.0 Å². The highest BCUT2D eigenvalue weighted by atomic mass is 16.3. The summed E-state index contributed by atoms with van der Waals surface area (Å²) in [6.07, 6.45) is 0.360. The molecule has 1 heterocycles. The highest BCUT2D eigenvalue weighted by Gasteiger charge is 2.02. The first-order valence-electron chi connectivity index (χ1n) is 6.03. The minimum atomic E-state index is -0.318. The highest BCUT2D eigenvalue weighted by Crippen LogP contribution is 2.05. The van der Waals surface area contributed by atoms with Gasteiger partial charge in [-0.15, -0.1) is 0 Å². The second kappa shape index (κ2) is 5.75. The quantitative estimate of drug-likeness (QED) is 0.682. The SMILES string of the molecule is CC(O)CCNCc1nc2ccccc2c(=O)[nH]1. The van der Waals surface area contributed by atoms with Crippen LogP contribution in [0, 0.1) is 0 Å². The Hall–Kier alpha value is -1.72. The van der Waals surface area contributed by atoms with Crippen LogP contribution in [0.15, 0.2) is 29.1 Å². The average Bonchev–Trinajstić information content (AvgIpc) is 2.35. The summed E-state index contributed by atoms with van der Waals surface area (Å²) in [4.78, 5) is 18.9. The van der Waals surface area contributed by atoms with Gasteiger partial charge in [-0.2, -0.15) is 0 Å². The number of nitrogens with one attached hydrogen (secondary N) is 2. The number of aromatic nitrogens is 2. The molecule has 2 rings (SSSR count). The predicted molar refractivity (Wildman–Crippen MR) is 70.4 cm³/mol. The number of aliphatic hydroxyl groups excluding tert-OH is 1. The van der Waals surface area contributed by atoms with Gasteiger partial charge in [-0.25, -0.2) is 4.98 Å². The van der Waals surface area contributed by atoms with Gasteiger partial charge in [-0.1, -0.05) is 12.1 Å². The number of nitrogens with zero attached hydrogens (tertiary/aromatic N) is 1. The molecule has 0 bridgehead atoms. The van der Waals surface area contributed by atoms with Crippen molar-refractivity contribution in [1.82, 2.24) is 15.3 Å². The van der Waals surface area contributed by atoms with E-state index in [1.807, 2.05) is 18.2 Å². The maximum Gasteiger partial charge on any atom is 0.258 e. The second-order valence-electron chi connectivity index (χ2n) is 4.34. The molecular weight excluding hydrogens is 230 g/mol. The first kappa shape index (κ1) is 12.7. The fourth-order valence-corrected chi connectivity index (χ4v) is 1.74. The molecule has 0 amide bonds. The molecule has 0 aliphatic rings. The summed E-state index contributed by atoms with van der Waals surface area (Å²) in [5, 5.41) is 12.9. The first-order valence-corrected chi connectivity index (χ1v) is 6.03. The van der Waals surface area contributed by atoms with E-state index in [-0.39, 0.29) is 11.7 Å². The molecule has 1 aromatic heterocycles. The Balaban J connectivity index is 2.08. The van der Waals surface area contributed by atoms with E-state index in [0.717, 1.165) is 0 Å². The Bertz CT molecular complexity index is 578. The second-order valence-corrected chi connectivity index (χ2v) is 4.34. The molecule has 1 atom stereocenters. The fraction of sp³-hybridized carbons (Fsp3) is 0.385. The van der Waals surface area contributed by atoms with Crippen LogP contribution in [-0.4, -0.2) is 27.7 Å². The smallest absolute Gasteiger partial charge is 0.258 e. The third-order valence-electron chi connectivity index (χ3n) is 2.69. The van der Waals surface area contributed by atoms with E-state index in [0.29, 0.717) is 36.2 Å². The Morgan fingerprint density at radius 1 is 1.44 bits per heavy atom. The summed E-state index contributed by atoms with van der Waals surface area (Å²) < 4.78 is 0. The molecule has 3 N–H and O–H groups in total. The van der Waals surface area contributed by atoms with Gasteiger partial charge < -0.3 is 15.4 Å². The largest absolute Gasteiger partial charge is 0.393 e. The Labute approximate surface area is 105 Å². The van der Waals surface area contributed by atoms with E-state index >= 15 is 0 Å². The fourth-order valence-electron chi connectivity index (χ4n) is 1.74. The Morgan fingerprint density at radius 2 is 2.22 bits per heavy atom. The molecule has 5 nitrogen and oxygen atoms in total. The summed E-state index contributed by atoms with van der Waals surface area (Å²) in [5.74, 6) is 0.615. The molecule has 2 aromatic rings. The van der Waals surface area contributed by atoms with Crippen LogP contribution in [0.3, 0.4) is 0 Å². The number of benzene rings is 1. The van der Waals surface area contributed by atoms with Gasteiger partial charge in [0.15, 0.2) is 0 Å². The zero-order valence-electron chi connectivity index (χ0n) is 10.3. The van der Waals surface area contributed by atoms with Gasteiger partial charge >= 0.3 is 0 Å².